The van der Waals surface area contributed by atoms with Crippen LogP contribution < -0.4 is 10.6 Å². The summed E-state index contributed by atoms with van der Waals surface area (Å²) in [5.74, 6) is 2.80. The Bertz CT molecular complexity index is 427. The van der Waals surface area contributed by atoms with Crippen LogP contribution in [0, 0.1) is 5.92 Å². The molecule has 0 unspecified atom stereocenters. The van der Waals surface area contributed by atoms with Crippen molar-refractivity contribution in [1.29, 1.82) is 0 Å². The topological polar surface area (TPSA) is 58.5 Å². The molecule has 0 aromatic carbocycles. The molecule has 0 amide bonds. The molecule has 0 spiro atoms. The Labute approximate surface area is 164 Å². The monoisotopic (exact) mass is 470 g/mol. The Hall–Kier alpha value is -0.0600. The van der Waals surface area contributed by atoms with Crippen molar-refractivity contribution >= 4 is 53.0 Å². The van der Waals surface area contributed by atoms with E-state index in [0.717, 1.165) is 61.1 Å². The van der Waals surface area contributed by atoms with E-state index in [2.05, 4.69) is 20.6 Å². The fraction of sp³-hybridized carbons (Fsp3) is 0.733. The Morgan fingerprint density at radius 2 is 2.17 bits per heavy atom. The van der Waals surface area contributed by atoms with E-state index < -0.39 is 0 Å². The van der Waals surface area contributed by atoms with Crippen molar-refractivity contribution in [2.24, 2.45) is 10.9 Å². The first-order chi connectivity index (χ1) is 10.9. The van der Waals surface area contributed by atoms with E-state index in [4.69, 9.17) is 4.74 Å². The Morgan fingerprint density at radius 1 is 1.39 bits per heavy atom. The van der Waals surface area contributed by atoms with E-state index in [1.165, 1.54) is 12.8 Å². The van der Waals surface area contributed by atoms with Crippen LogP contribution in [0.1, 0.15) is 25.7 Å². The van der Waals surface area contributed by atoms with Crippen LogP contribution in [0.3, 0.4) is 0 Å². The van der Waals surface area contributed by atoms with Crippen LogP contribution in [0.2, 0.25) is 0 Å². The molecule has 1 aromatic rings. The minimum absolute atomic E-state index is 0. The van der Waals surface area contributed by atoms with Crippen molar-refractivity contribution in [3.63, 3.8) is 0 Å². The number of guanidine groups is 1. The number of hydrogen-bond donors (Lipinski definition) is 2. The molecule has 1 aliphatic rings. The molecule has 1 aromatic heterocycles. The highest BCUT2D eigenvalue weighted by Crippen LogP contribution is 2.28. The maximum Gasteiger partial charge on any atom is 0.190 e. The van der Waals surface area contributed by atoms with Gasteiger partial charge in [-0.3, -0.25) is 4.99 Å². The van der Waals surface area contributed by atoms with Gasteiger partial charge < -0.3 is 15.4 Å². The lowest BCUT2D eigenvalue weighted by molar-refractivity contribution is 0.123. The number of thioether (sulfide) groups is 1. The molecule has 1 aliphatic carbocycles. The minimum Gasteiger partial charge on any atom is -0.381 e. The first-order valence-electron chi connectivity index (χ1n) is 7.93. The quantitative estimate of drug-likeness (QED) is 0.171. The van der Waals surface area contributed by atoms with Gasteiger partial charge in [-0.1, -0.05) is 11.8 Å². The molecule has 2 rings (SSSR count). The fourth-order valence-corrected chi connectivity index (χ4v) is 3.50. The van der Waals surface area contributed by atoms with Crippen molar-refractivity contribution in [2.45, 2.75) is 30.0 Å². The molecule has 5 nitrogen and oxygen atoms in total. The lowest BCUT2D eigenvalue weighted by atomic mass is 10.4. The van der Waals surface area contributed by atoms with E-state index >= 15 is 0 Å². The Morgan fingerprint density at radius 3 is 2.83 bits per heavy atom. The number of nitrogens with one attached hydrogen (secondary N) is 2. The SMILES string of the molecule is CN=C(NCCCOCC1CC1)NCCCSc1nccs1.I. The highest BCUT2D eigenvalue weighted by Gasteiger charge is 2.20. The summed E-state index contributed by atoms with van der Waals surface area (Å²) in [5, 5.41) is 8.67. The first kappa shape index (κ1) is 21.0. The maximum atomic E-state index is 5.61. The summed E-state index contributed by atoms with van der Waals surface area (Å²) in [7, 11) is 1.81. The molecule has 1 heterocycles. The van der Waals surface area contributed by atoms with E-state index in [-0.39, 0.29) is 24.0 Å². The van der Waals surface area contributed by atoms with Gasteiger partial charge in [0.25, 0.3) is 0 Å². The molecule has 2 N–H and O–H groups in total. The van der Waals surface area contributed by atoms with Crippen LogP contribution in [-0.4, -0.2) is 50.0 Å². The standard InChI is InChI=1S/C15H26N4OS2.HI/c1-16-14(17-6-2-9-20-12-13-4-5-13)18-7-3-10-21-15-19-8-11-22-15;/h8,11,13H,2-7,9-10,12H2,1H3,(H2,16,17,18);1H. The van der Waals surface area contributed by atoms with Crippen molar-refractivity contribution < 1.29 is 4.74 Å². The number of thiazole rings is 1. The van der Waals surface area contributed by atoms with Crippen LogP contribution in [-0.2, 0) is 4.74 Å². The molecule has 8 heteroatoms. The van der Waals surface area contributed by atoms with Crippen LogP contribution in [0.25, 0.3) is 0 Å². The summed E-state index contributed by atoms with van der Waals surface area (Å²) >= 11 is 3.51. The van der Waals surface area contributed by atoms with E-state index in [1.54, 1.807) is 11.3 Å². The first-order valence-corrected chi connectivity index (χ1v) is 9.79. The number of rotatable bonds is 11. The number of hydrogen-bond acceptors (Lipinski definition) is 5. The van der Waals surface area contributed by atoms with Gasteiger partial charge in [-0.25, -0.2) is 4.98 Å². The number of nitrogens with zero attached hydrogens (tertiary/aromatic N) is 2. The Kier molecular flexibility index (Phi) is 12.1. The summed E-state index contributed by atoms with van der Waals surface area (Å²) in [6, 6.07) is 0. The molecule has 0 saturated heterocycles. The number of aliphatic imine (C=N–C) groups is 1. The summed E-state index contributed by atoms with van der Waals surface area (Å²) in [6.45, 7) is 3.61. The third-order valence-corrected chi connectivity index (χ3v) is 5.33. The molecular weight excluding hydrogens is 443 g/mol. The van der Waals surface area contributed by atoms with Crippen molar-refractivity contribution in [2.75, 3.05) is 39.1 Å². The molecule has 0 radical (unpaired) electrons. The fourth-order valence-electron chi connectivity index (χ4n) is 1.86. The van der Waals surface area contributed by atoms with Gasteiger partial charge in [0, 0.05) is 50.7 Å². The van der Waals surface area contributed by atoms with Crippen LogP contribution >= 0.6 is 47.1 Å². The normalized spacial score (nSPS) is 14.4. The second-order valence-electron chi connectivity index (χ2n) is 5.30. The number of ether oxygens (including phenoxy) is 1. The molecule has 23 heavy (non-hydrogen) atoms. The average Bonchev–Trinajstić information content (AvgIpc) is 3.21. The van der Waals surface area contributed by atoms with Gasteiger partial charge >= 0.3 is 0 Å². The summed E-state index contributed by atoms with van der Waals surface area (Å²) in [5.41, 5.74) is 0. The van der Waals surface area contributed by atoms with Gasteiger partial charge in [-0.15, -0.1) is 35.3 Å². The molecule has 1 saturated carbocycles. The smallest absolute Gasteiger partial charge is 0.190 e. The van der Waals surface area contributed by atoms with Crippen LogP contribution in [0.5, 0.6) is 0 Å². The van der Waals surface area contributed by atoms with E-state index in [9.17, 15) is 0 Å². The van der Waals surface area contributed by atoms with Gasteiger partial charge in [0.05, 0.1) is 0 Å². The molecule has 0 aliphatic heterocycles. The Balaban J connectivity index is 0.00000264. The van der Waals surface area contributed by atoms with E-state index in [0.29, 0.717) is 0 Å². The van der Waals surface area contributed by atoms with E-state index in [1.807, 2.05) is 30.4 Å². The minimum atomic E-state index is 0. The zero-order chi connectivity index (χ0) is 15.5. The van der Waals surface area contributed by atoms with Gasteiger partial charge in [-0.05, 0) is 31.6 Å². The molecular formula is C15H27IN4OS2. The van der Waals surface area contributed by atoms with Gasteiger partial charge in [0.2, 0.25) is 0 Å². The van der Waals surface area contributed by atoms with Crippen molar-refractivity contribution in [1.82, 2.24) is 15.6 Å². The number of halogens is 1. The summed E-state index contributed by atoms with van der Waals surface area (Å²) < 4.78 is 6.76. The second kappa shape index (κ2) is 13.3. The van der Waals surface area contributed by atoms with Gasteiger partial charge in [0.15, 0.2) is 5.96 Å². The van der Waals surface area contributed by atoms with Gasteiger partial charge in [-0.2, -0.15) is 0 Å². The average molecular weight is 470 g/mol. The lowest BCUT2D eigenvalue weighted by Gasteiger charge is -2.11. The lowest BCUT2D eigenvalue weighted by Crippen LogP contribution is -2.38. The maximum absolute atomic E-state index is 5.61. The molecule has 1 fully saturated rings. The van der Waals surface area contributed by atoms with Crippen molar-refractivity contribution in [3.8, 4) is 0 Å². The van der Waals surface area contributed by atoms with Crippen molar-refractivity contribution in [3.05, 3.63) is 11.6 Å². The van der Waals surface area contributed by atoms with Gasteiger partial charge in [0.1, 0.15) is 4.34 Å². The third kappa shape index (κ3) is 10.4. The predicted octanol–water partition coefficient (Wildman–Crippen LogP) is 3.23. The summed E-state index contributed by atoms with van der Waals surface area (Å²) in [4.78, 5) is 8.49. The molecule has 0 bridgehead atoms. The second-order valence-corrected chi connectivity index (χ2v) is 7.53. The molecule has 132 valence electrons. The van der Waals surface area contributed by atoms with Crippen LogP contribution in [0.4, 0.5) is 0 Å². The third-order valence-electron chi connectivity index (χ3n) is 3.28. The van der Waals surface area contributed by atoms with Crippen LogP contribution in [0.15, 0.2) is 20.9 Å². The zero-order valence-corrected chi connectivity index (χ0v) is 17.6. The molecule has 0 atom stereocenters. The summed E-state index contributed by atoms with van der Waals surface area (Å²) in [6.07, 6.45) is 6.68. The predicted molar refractivity (Wildman–Crippen MR) is 110 cm³/mol. The highest BCUT2D eigenvalue weighted by molar-refractivity contribution is 14.0. The highest BCUT2D eigenvalue weighted by atomic mass is 127. The number of aromatic nitrogens is 1. The largest absolute Gasteiger partial charge is 0.381 e. The zero-order valence-electron chi connectivity index (χ0n) is 13.6.